The van der Waals surface area contributed by atoms with Crippen molar-refractivity contribution >= 4 is 5.69 Å². The van der Waals surface area contributed by atoms with Crippen molar-refractivity contribution in [1.29, 1.82) is 0 Å². The summed E-state index contributed by atoms with van der Waals surface area (Å²) in [5.74, 6) is 2.05. The van der Waals surface area contributed by atoms with Gasteiger partial charge >= 0.3 is 0 Å². The molecule has 0 atom stereocenters. The van der Waals surface area contributed by atoms with Crippen LogP contribution in [-0.2, 0) is 6.42 Å². The van der Waals surface area contributed by atoms with Crippen LogP contribution in [0.1, 0.15) is 33.3 Å². The van der Waals surface area contributed by atoms with E-state index in [1.807, 2.05) is 12.1 Å². The van der Waals surface area contributed by atoms with Crippen LogP contribution in [0.4, 0.5) is 5.69 Å². The van der Waals surface area contributed by atoms with Crippen molar-refractivity contribution in [2.45, 2.75) is 34.1 Å². The summed E-state index contributed by atoms with van der Waals surface area (Å²) < 4.78 is 0. The molecule has 0 saturated heterocycles. The van der Waals surface area contributed by atoms with E-state index in [1.165, 1.54) is 0 Å². The fourth-order valence-electron chi connectivity index (χ4n) is 2.53. The minimum atomic E-state index is -0.363. The molecule has 0 spiro atoms. The molecule has 0 unspecified atom stereocenters. The first-order chi connectivity index (χ1) is 9.41. The van der Waals surface area contributed by atoms with E-state index in [9.17, 15) is 10.1 Å². The first-order valence-electron chi connectivity index (χ1n) is 7.36. The minimum Gasteiger partial charge on any atom is -0.316 e. The number of non-ortho nitro benzene ring substituents is 1. The molecule has 0 heterocycles. The SMILES string of the molecule is CC(C)C(CNCCc1ccc([N+](=O)[O-])cc1)C(C)C. The van der Waals surface area contributed by atoms with Gasteiger partial charge in [-0.1, -0.05) is 39.8 Å². The van der Waals surface area contributed by atoms with Crippen LogP contribution in [0.5, 0.6) is 0 Å². The highest BCUT2D eigenvalue weighted by Crippen LogP contribution is 2.19. The molecule has 0 amide bonds. The maximum atomic E-state index is 10.6. The number of hydrogen-bond donors (Lipinski definition) is 1. The van der Waals surface area contributed by atoms with Gasteiger partial charge < -0.3 is 5.32 Å². The monoisotopic (exact) mass is 278 g/mol. The average Bonchev–Trinajstić information content (AvgIpc) is 2.38. The van der Waals surface area contributed by atoms with Gasteiger partial charge in [0, 0.05) is 12.1 Å². The predicted molar refractivity (Wildman–Crippen MR) is 82.8 cm³/mol. The quantitative estimate of drug-likeness (QED) is 0.448. The second kappa shape index (κ2) is 8.00. The van der Waals surface area contributed by atoms with Crippen molar-refractivity contribution < 1.29 is 4.92 Å². The van der Waals surface area contributed by atoms with E-state index in [4.69, 9.17) is 0 Å². The molecule has 0 saturated carbocycles. The number of hydrogen-bond acceptors (Lipinski definition) is 3. The van der Waals surface area contributed by atoms with Gasteiger partial charge in [0.1, 0.15) is 0 Å². The van der Waals surface area contributed by atoms with Crippen LogP contribution in [0.25, 0.3) is 0 Å². The van der Waals surface area contributed by atoms with E-state index in [2.05, 4.69) is 33.0 Å². The molecule has 0 aliphatic heterocycles. The molecule has 0 aliphatic carbocycles. The third-order valence-electron chi connectivity index (χ3n) is 3.83. The summed E-state index contributed by atoms with van der Waals surface area (Å²) in [5.41, 5.74) is 1.29. The summed E-state index contributed by atoms with van der Waals surface area (Å²) in [6.45, 7) is 11.0. The van der Waals surface area contributed by atoms with E-state index in [0.29, 0.717) is 17.8 Å². The Morgan fingerprint density at radius 3 is 2.10 bits per heavy atom. The third kappa shape index (κ3) is 5.29. The van der Waals surface area contributed by atoms with Crippen LogP contribution in [0, 0.1) is 27.9 Å². The number of rotatable bonds is 8. The van der Waals surface area contributed by atoms with Crippen LogP contribution in [0.15, 0.2) is 24.3 Å². The normalized spacial score (nSPS) is 11.6. The molecule has 1 rings (SSSR count). The molecule has 112 valence electrons. The molecular formula is C16H26N2O2. The molecule has 0 aliphatic rings. The first kappa shape index (κ1) is 16.6. The molecule has 0 bridgehead atoms. The molecule has 4 nitrogen and oxygen atoms in total. The molecule has 1 aromatic carbocycles. The van der Waals surface area contributed by atoms with E-state index in [1.54, 1.807) is 12.1 Å². The Morgan fingerprint density at radius 1 is 1.10 bits per heavy atom. The van der Waals surface area contributed by atoms with Gasteiger partial charge in [-0.05, 0) is 42.8 Å². The van der Waals surface area contributed by atoms with Crippen LogP contribution in [0.2, 0.25) is 0 Å². The van der Waals surface area contributed by atoms with Crippen LogP contribution >= 0.6 is 0 Å². The summed E-state index contributed by atoms with van der Waals surface area (Å²) in [4.78, 5) is 10.2. The number of nitrogens with one attached hydrogen (secondary N) is 1. The molecule has 1 N–H and O–H groups in total. The Bertz CT molecular complexity index is 405. The zero-order valence-electron chi connectivity index (χ0n) is 12.9. The lowest BCUT2D eigenvalue weighted by Crippen LogP contribution is -2.31. The topological polar surface area (TPSA) is 55.2 Å². The Balaban J connectivity index is 2.35. The van der Waals surface area contributed by atoms with Gasteiger partial charge in [-0.3, -0.25) is 10.1 Å². The lowest BCUT2D eigenvalue weighted by molar-refractivity contribution is -0.384. The summed E-state index contributed by atoms with van der Waals surface area (Å²) in [6, 6.07) is 6.81. The molecular weight excluding hydrogens is 252 g/mol. The van der Waals surface area contributed by atoms with Gasteiger partial charge in [0.2, 0.25) is 0 Å². The van der Waals surface area contributed by atoms with Gasteiger partial charge in [-0.15, -0.1) is 0 Å². The lowest BCUT2D eigenvalue weighted by Gasteiger charge is -2.25. The molecule has 4 heteroatoms. The van der Waals surface area contributed by atoms with E-state index >= 15 is 0 Å². The Labute approximate surface area is 121 Å². The van der Waals surface area contributed by atoms with Gasteiger partial charge in [-0.2, -0.15) is 0 Å². The summed E-state index contributed by atoms with van der Waals surface area (Å²) in [7, 11) is 0. The van der Waals surface area contributed by atoms with Gasteiger partial charge in [0.05, 0.1) is 4.92 Å². The number of nitro benzene ring substituents is 1. The fraction of sp³-hybridized carbons (Fsp3) is 0.625. The maximum Gasteiger partial charge on any atom is 0.269 e. The van der Waals surface area contributed by atoms with Gasteiger partial charge in [0.15, 0.2) is 0 Å². The van der Waals surface area contributed by atoms with E-state index in [-0.39, 0.29) is 10.6 Å². The van der Waals surface area contributed by atoms with E-state index < -0.39 is 0 Å². The Morgan fingerprint density at radius 2 is 1.65 bits per heavy atom. The summed E-state index contributed by atoms with van der Waals surface area (Å²) in [5, 5.41) is 14.1. The average molecular weight is 278 g/mol. The van der Waals surface area contributed by atoms with Crippen molar-refractivity contribution in [2.75, 3.05) is 13.1 Å². The number of benzene rings is 1. The largest absolute Gasteiger partial charge is 0.316 e. The maximum absolute atomic E-state index is 10.6. The van der Waals surface area contributed by atoms with Crippen molar-refractivity contribution in [3.63, 3.8) is 0 Å². The van der Waals surface area contributed by atoms with Crippen molar-refractivity contribution in [3.05, 3.63) is 39.9 Å². The first-order valence-corrected chi connectivity index (χ1v) is 7.36. The summed E-state index contributed by atoms with van der Waals surface area (Å²) in [6.07, 6.45) is 0.904. The fourth-order valence-corrected chi connectivity index (χ4v) is 2.53. The second-order valence-electron chi connectivity index (χ2n) is 6.03. The molecule has 0 aromatic heterocycles. The Hall–Kier alpha value is -1.42. The minimum absolute atomic E-state index is 0.154. The summed E-state index contributed by atoms with van der Waals surface area (Å²) >= 11 is 0. The van der Waals surface area contributed by atoms with Crippen LogP contribution < -0.4 is 5.32 Å². The van der Waals surface area contributed by atoms with Crippen molar-refractivity contribution in [2.24, 2.45) is 17.8 Å². The van der Waals surface area contributed by atoms with Crippen molar-refractivity contribution in [1.82, 2.24) is 5.32 Å². The number of nitro groups is 1. The smallest absolute Gasteiger partial charge is 0.269 e. The Kier molecular flexibility index (Phi) is 6.65. The van der Waals surface area contributed by atoms with Crippen LogP contribution in [0.3, 0.4) is 0 Å². The van der Waals surface area contributed by atoms with E-state index in [0.717, 1.165) is 25.1 Å². The zero-order chi connectivity index (χ0) is 15.1. The highest BCUT2D eigenvalue weighted by molar-refractivity contribution is 5.32. The molecule has 20 heavy (non-hydrogen) atoms. The zero-order valence-corrected chi connectivity index (χ0v) is 12.9. The number of nitrogens with zero attached hydrogens (tertiary/aromatic N) is 1. The molecule has 1 aromatic rings. The third-order valence-corrected chi connectivity index (χ3v) is 3.83. The van der Waals surface area contributed by atoms with Gasteiger partial charge in [0.25, 0.3) is 5.69 Å². The predicted octanol–water partition coefficient (Wildman–Crippen LogP) is 3.66. The standard InChI is InChI=1S/C16H26N2O2/c1-12(2)16(13(3)4)11-17-10-9-14-5-7-15(8-6-14)18(19)20/h5-8,12-13,16-17H,9-11H2,1-4H3. The lowest BCUT2D eigenvalue weighted by atomic mass is 9.85. The second-order valence-corrected chi connectivity index (χ2v) is 6.03. The highest BCUT2D eigenvalue weighted by atomic mass is 16.6. The van der Waals surface area contributed by atoms with Crippen LogP contribution in [-0.4, -0.2) is 18.0 Å². The molecule has 0 fully saturated rings. The molecule has 0 radical (unpaired) electrons. The van der Waals surface area contributed by atoms with Crippen molar-refractivity contribution in [3.8, 4) is 0 Å². The highest BCUT2D eigenvalue weighted by Gasteiger charge is 2.16. The van der Waals surface area contributed by atoms with Gasteiger partial charge in [-0.25, -0.2) is 0 Å².